The van der Waals surface area contributed by atoms with Crippen LogP contribution in [0.5, 0.6) is 0 Å². The van der Waals surface area contributed by atoms with Gasteiger partial charge in [-0.05, 0) is 18.2 Å². The van der Waals surface area contributed by atoms with E-state index in [-0.39, 0.29) is 41.4 Å². The van der Waals surface area contributed by atoms with Crippen LogP contribution in [0.1, 0.15) is 16.1 Å². The number of nitrogens with one attached hydrogen (secondary N) is 1. The number of aromatic nitrogens is 4. The monoisotopic (exact) mass is 448 g/mol. The van der Waals surface area contributed by atoms with Crippen LogP contribution in [0.4, 0.5) is 18.9 Å². The van der Waals surface area contributed by atoms with Crippen LogP contribution in [0.2, 0.25) is 0 Å². The van der Waals surface area contributed by atoms with Gasteiger partial charge in [-0.3, -0.25) is 14.5 Å². The van der Waals surface area contributed by atoms with Gasteiger partial charge in [-0.1, -0.05) is 0 Å². The van der Waals surface area contributed by atoms with Gasteiger partial charge in [-0.25, -0.2) is 4.98 Å². The smallest absolute Gasteiger partial charge is 0.396 e. The van der Waals surface area contributed by atoms with Crippen LogP contribution >= 0.6 is 0 Å². The van der Waals surface area contributed by atoms with E-state index in [1.807, 2.05) is 0 Å². The van der Waals surface area contributed by atoms with Crippen LogP contribution in [0.3, 0.4) is 0 Å². The average Bonchev–Trinajstić information content (AvgIpc) is 3.35. The molecule has 9 nitrogen and oxygen atoms in total. The minimum atomic E-state index is -4.58. The molecule has 0 bridgehead atoms. The molecule has 1 amide bonds. The topological polar surface area (TPSA) is 128 Å². The molecular weight excluding hydrogens is 429 g/mol. The number of pyridine rings is 2. The minimum absolute atomic E-state index is 0.0489. The van der Waals surface area contributed by atoms with Crippen molar-refractivity contribution in [2.24, 2.45) is 7.05 Å². The van der Waals surface area contributed by atoms with Crippen molar-refractivity contribution in [1.82, 2.24) is 25.1 Å². The molecule has 4 heterocycles. The van der Waals surface area contributed by atoms with E-state index in [0.29, 0.717) is 5.56 Å². The molecular formula is C20H19F3N6O3. The number of carbonyl (C=O) groups excluding carboxylic acids is 1. The van der Waals surface area contributed by atoms with Crippen molar-refractivity contribution in [1.29, 1.82) is 0 Å². The Kier molecular flexibility index (Phi) is 5.57. The van der Waals surface area contributed by atoms with Crippen LogP contribution in [-0.4, -0.2) is 56.1 Å². The second-order valence-electron chi connectivity index (χ2n) is 7.33. The molecule has 32 heavy (non-hydrogen) atoms. The Morgan fingerprint density at radius 2 is 2.06 bits per heavy atom. The van der Waals surface area contributed by atoms with Crippen molar-refractivity contribution in [3.8, 4) is 22.5 Å². The summed E-state index contributed by atoms with van der Waals surface area (Å²) in [6.07, 6.45) is -1.26. The number of ether oxygens (including phenoxy) is 1. The number of halogens is 3. The summed E-state index contributed by atoms with van der Waals surface area (Å²) in [4.78, 5) is 20.9. The van der Waals surface area contributed by atoms with Crippen LogP contribution < -0.4 is 11.1 Å². The fourth-order valence-electron chi connectivity index (χ4n) is 3.29. The zero-order chi connectivity index (χ0) is 23.0. The number of alkyl halides is 3. The number of aryl methyl sites for hydroxylation is 1. The van der Waals surface area contributed by atoms with Crippen LogP contribution in [0.15, 0.2) is 36.8 Å². The van der Waals surface area contributed by atoms with Crippen molar-refractivity contribution < 1.29 is 27.8 Å². The number of anilines is 1. The first-order valence-corrected chi connectivity index (χ1v) is 9.53. The Balaban J connectivity index is 1.78. The number of hydrogen-bond acceptors (Lipinski definition) is 7. The van der Waals surface area contributed by atoms with Crippen molar-refractivity contribution in [3.05, 3.63) is 48.0 Å². The average molecular weight is 448 g/mol. The van der Waals surface area contributed by atoms with Crippen LogP contribution in [0, 0.1) is 0 Å². The molecule has 0 radical (unpaired) electrons. The van der Waals surface area contributed by atoms with E-state index in [1.54, 1.807) is 13.2 Å². The van der Waals surface area contributed by atoms with E-state index >= 15 is 0 Å². The quantitative estimate of drug-likeness (QED) is 0.554. The van der Waals surface area contributed by atoms with E-state index in [9.17, 15) is 23.1 Å². The van der Waals surface area contributed by atoms with E-state index in [2.05, 4.69) is 20.4 Å². The zero-order valence-electron chi connectivity index (χ0n) is 16.8. The summed E-state index contributed by atoms with van der Waals surface area (Å²) in [6.45, 7) is 0.239. The van der Waals surface area contributed by atoms with Gasteiger partial charge in [0, 0.05) is 30.6 Å². The standard InChI is InChI=1S/C20H19F3N6O3/c1-29-7-11(6-26-29)18-17(24)12(19(31)28-14-8-32-9-15(14)30)4-13(27-18)10-2-3-16(25-5-10)20(21,22)23/h2-7,14-15,30H,8-9,24H2,1H3,(H,28,31)/t14-,15-/m0/s1. The molecule has 0 spiro atoms. The first-order chi connectivity index (χ1) is 15.1. The van der Waals surface area contributed by atoms with Crippen LogP contribution in [-0.2, 0) is 18.0 Å². The van der Waals surface area contributed by atoms with E-state index in [1.165, 1.54) is 23.0 Å². The number of nitrogens with two attached hydrogens (primary N) is 1. The van der Waals surface area contributed by atoms with Gasteiger partial charge in [0.25, 0.3) is 5.91 Å². The fourth-order valence-corrected chi connectivity index (χ4v) is 3.29. The summed E-state index contributed by atoms with van der Waals surface area (Å²) in [7, 11) is 1.69. The molecule has 0 aromatic carbocycles. The highest BCUT2D eigenvalue weighted by molar-refractivity contribution is 6.03. The predicted molar refractivity (Wildman–Crippen MR) is 107 cm³/mol. The number of carbonyl (C=O) groups is 1. The summed E-state index contributed by atoms with van der Waals surface area (Å²) in [5.41, 5.74) is 6.54. The Morgan fingerprint density at radius 1 is 1.28 bits per heavy atom. The summed E-state index contributed by atoms with van der Waals surface area (Å²) in [5, 5.41) is 16.7. The van der Waals surface area contributed by atoms with Gasteiger partial charge in [0.05, 0.1) is 54.2 Å². The summed E-state index contributed by atoms with van der Waals surface area (Å²) in [5.74, 6) is -0.578. The molecule has 0 unspecified atom stereocenters. The first-order valence-electron chi connectivity index (χ1n) is 9.53. The van der Waals surface area contributed by atoms with Gasteiger partial charge in [-0.2, -0.15) is 18.3 Å². The lowest BCUT2D eigenvalue weighted by Gasteiger charge is -2.17. The maximum absolute atomic E-state index is 13.0. The first kappa shape index (κ1) is 21.7. The Morgan fingerprint density at radius 3 is 2.62 bits per heavy atom. The van der Waals surface area contributed by atoms with Crippen molar-refractivity contribution >= 4 is 11.6 Å². The van der Waals surface area contributed by atoms with Crippen LogP contribution in [0.25, 0.3) is 22.5 Å². The summed E-state index contributed by atoms with van der Waals surface area (Å²) in [6, 6.07) is 2.81. The molecule has 168 valence electrons. The molecule has 3 aromatic rings. The number of nitrogens with zero attached hydrogens (tertiary/aromatic N) is 4. The lowest BCUT2D eigenvalue weighted by Crippen LogP contribution is -2.42. The number of nitrogen functional groups attached to an aromatic ring is 1. The highest BCUT2D eigenvalue weighted by atomic mass is 19.4. The second kappa shape index (κ2) is 8.20. The second-order valence-corrected chi connectivity index (χ2v) is 7.33. The Bertz CT molecular complexity index is 1150. The minimum Gasteiger partial charge on any atom is -0.396 e. The van der Waals surface area contributed by atoms with Gasteiger partial charge in [0.2, 0.25) is 0 Å². The van der Waals surface area contributed by atoms with Gasteiger partial charge in [0.15, 0.2) is 0 Å². The van der Waals surface area contributed by atoms with Crippen molar-refractivity contribution in [2.75, 3.05) is 18.9 Å². The Labute approximate surface area is 180 Å². The normalized spacial score (nSPS) is 18.7. The summed E-state index contributed by atoms with van der Waals surface area (Å²) >= 11 is 0. The molecule has 1 saturated heterocycles. The maximum Gasteiger partial charge on any atom is 0.433 e. The molecule has 12 heteroatoms. The summed E-state index contributed by atoms with van der Waals surface area (Å²) < 4.78 is 45.3. The molecule has 2 atom stereocenters. The molecule has 1 aliphatic heterocycles. The highest BCUT2D eigenvalue weighted by Gasteiger charge is 2.32. The van der Waals surface area contributed by atoms with E-state index in [4.69, 9.17) is 10.5 Å². The van der Waals surface area contributed by atoms with Gasteiger partial charge < -0.3 is 20.9 Å². The fraction of sp³-hybridized carbons (Fsp3) is 0.300. The third kappa shape index (κ3) is 4.27. The van der Waals surface area contributed by atoms with Gasteiger partial charge in [0.1, 0.15) is 5.69 Å². The largest absolute Gasteiger partial charge is 0.433 e. The van der Waals surface area contributed by atoms with E-state index < -0.39 is 29.9 Å². The SMILES string of the molecule is Cn1cc(-c2nc(-c3ccc(C(F)(F)F)nc3)cc(C(=O)N[C@H]3COC[C@@H]3O)c2N)cn1. The van der Waals surface area contributed by atoms with Crippen molar-refractivity contribution in [3.63, 3.8) is 0 Å². The molecule has 4 rings (SSSR count). The zero-order valence-corrected chi connectivity index (χ0v) is 16.8. The van der Waals surface area contributed by atoms with Gasteiger partial charge in [-0.15, -0.1) is 0 Å². The molecule has 0 aliphatic carbocycles. The number of aliphatic hydroxyl groups excluding tert-OH is 1. The third-order valence-electron chi connectivity index (χ3n) is 5.00. The molecule has 0 saturated carbocycles. The molecule has 4 N–H and O–H groups in total. The number of amides is 1. The number of aliphatic hydroxyl groups is 1. The molecule has 1 fully saturated rings. The maximum atomic E-state index is 13.0. The number of rotatable bonds is 4. The van der Waals surface area contributed by atoms with Crippen molar-refractivity contribution in [2.45, 2.75) is 18.3 Å². The van der Waals surface area contributed by atoms with Gasteiger partial charge >= 0.3 is 6.18 Å². The third-order valence-corrected chi connectivity index (χ3v) is 5.00. The molecule has 3 aromatic heterocycles. The highest BCUT2D eigenvalue weighted by Crippen LogP contribution is 2.32. The lowest BCUT2D eigenvalue weighted by atomic mass is 10.0. The predicted octanol–water partition coefficient (Wildman–Crippen LogP) is 1.63. The number of hydrogen-bond donors (Lipinski definition) is 3. The lowest BCUT2D eigenvalue weighted by molar-refractivity contribution is -0.141. The molecule has 1 aliphatic rings. The van der Waals surface area contributed by atoms with E-state index in [0.717, 1.165) is 12.3 Å². The Hall–Kier alpha value is -3.51.